The van der Waals surface area contributed by atoms with E-state index in [1.807, 2.05) is 0 Å². The second-order valence-electron chi connectivity index (χ2n) is 5.91. The SMILES string of the molecule is Cc1nc2c(cc1CNC1CCCC1)CCCC2. The van der Waals surface area contributed by atoms with Crippen molar-refractivity contribution in [1.29, 1.82) is 0 Å². The van der Waals surface area contributed by atoms with Gasteiger partial charge in [0.05, 0.1) is 0 Å². The van der Waals surface area contributed by atoms with Crippen LogP contribution in [-0.2, 0) is 19.4 Å². The molecule has 1 saturated carbocycles. The number of nitrogens with zero attached hydrogens (tertiary/aromatic N) is 1. The highest BCUT2D eigenvalue weighted by molar-refractivity contribution is 5.31. The predicted octanol–water partition coefficient (Wildman–Crippen LogP) is 3.30. The molecule has 0 atom stereocenters. The summed E-state index contributed by atoms with van der Waals surface area (Å²) in [5.41, 5.74) is 5.53. The van der Waals surface area contributed by atoms with Gasteiger partial charge in [-0.25, -0.2) is 0 Å². The summed E-state index contributed by atoms with van der Waals surface area (Å²) in [5.74, 6) is 0. The number of aromatic nitrogens is 1. The molecule has 1 aromatic rings. The van der Waals surface area contributed by atoms with E-state index < -0.39 is 0 Å². The monoisotopic (exact) mass is 244 g/mol. The highest BCUT2D eigenvalue weighted by Gasteiger charge is 2.16. The molecule has 1 N–H and O–H groups in total. The Kier molecular flexibility index (Phi) is 3.64. The Morgan fingerprint density at radius 1 is 1.17 bits per heavy atom. The summed E-state index contributed by atoms with van der Waals surface area (Å²) in [6, 6.07) is 3.17. The summed E-state index contributed by atoms with van der Waals surface area (Å²) in [5, 5.41) is 3.71. The van der Waals surface area contributed by atoms with Crippen molar-refractivity contribution in [2.45, 2.75) is 70.9 Å². The van der Waals surface area contributed by atoms with Gasteiger partial charge in [0.25, 0.3) is 0 Å². The molecule has 0 amide bonds. The highest BCUT2D eigenvalue weighted by atomic mass is 14.9. The van der Waals surface area contributed by atoms with Crippen molar-refractivity contribution >= 4 is 0 Å². The minimum absolute atomic E-state index is 0.750. The number of hydrogen-bond acceptors (Lipinski definition) is 2. The third kappa shape index (κ3) is 2.59. The van der Waals surface area contributed by atoms with Crippen molar-refractivity contribution in [3.63, 3.8) is 0 Å². The summed E-state index contributed by atoms with van der Waals surface area (Å²) in [6.45, 7) is 3.18. The van der Waals surface area contributed by atoms with Gasteiger partial charge in [0.15, 0.2) is 0 Å². The van der Waals surface area contributed by atoms with Gasteiger partial charge in [-0.1, -0.05) is 18.9 Å². The number of nitrogens with one attached hydrogen (secondary N) is 1. The summed E-state index contributed by atoms with van der Waals surface area (Å²) < 4.78 is 0. The highest BCUT2D eigenvalue weighted by Crippen LogP contribution is 2.23. The van der Waals surface area contributed by atoms with E-state index in [0.29, 0.717) is 0 Å². The van der Waals surface area contributed by atoms with Gasteiger partial charge in [-0.3, -0.25) is 4.98 Å². The predicted molar refractivity (Wildman–Crippen MR) is 74.7 cm³/mol. The van der Waals surface area contributed by atoms with Gasteiger partial charge in [0, 0.05) is 24.0 Å². The van der Waals surface area contributed by atoms with Crippen molar-refractivity contribution in [3.05, 3.63) is 28.6 Å². The minimum Gasteiger partial charge on any atom is -0.310 e. The fourth-order valence-corrected chi connectivity index (χ4v) is 3.35. The minimum atomic E-state index is 0.750. The second-order valence-corrected chi connectivity index (χ2v) is 5.91. The van der Waals surface area contributed by atoms with E-state index in [1.54, 1.807) is 0 Å². The fraction of sp³-hybridized carbons (Fsp3) is 0.688. The molecular formula is C16H24N2. The summed E-state index contributed by atoms with van der Waals surface area (Å²) in [7, 11) is 0. The molecule has 2 aliphatic carbocycles. The van der Waals surface area contributed by atoms with Crippen LogP contribution in [0.3, 0.4) is 0 Å². The molecule has 0 spiro atoms. The molecule has 0 aliphatic heterocycles. The standard InChI is InChI=1S/C16H24N2/c1-12-14(11-17-15-7-3-4-8-15)10-13-6-2-5-9-16(13)18-12/h10,15,17H,2-9,11H2,1H3. The van der Waals surface area contributed by atoms with Crippen molar-refractivity contribution in [2.24, 2.45) is 0 Å². The number of rotatable bonds is 3. The number of fused-ring (bicyclic) bond motifs is 1. The van der Waals surface area contributed by atoms with Gasteiger partial charge in [0.2, 0.25) is 0 Å². The van der Waals surface area contributed by atoms with Gasteiger partial charge < -0.3 is 5.32 Å². The quantitative estimate of drug-likeness (QED) is 0.882. The first kappa shape index (κ1) is 12.2. The normalized spacial score (nSPS) is 20.1. The van der Waals surface area contributed by atoms with Gasteiger partial charge in [-0.15, -0.1) is 0 Å². The van der Waals surface area contributed by atoms with Crippen LogP contribution in [0.25, 0.3) is 0 Å². The maximum absolute atomic E-state index is 4.82. The molecule has 0 radical (unpaired) electrons. The lowest BCUT2D eigenvalue weighted by molar-refractivity contribution is 0.521. The first-order chi connectivity index (χ1) is 8.83. The molecule has 0 unspecified atom stereocenters. The van der Waals surface area contributed by atoms with Crippen LogP contribution >= 0.6 is 0 Å². The second kappa shape index (κ2) is 5.40. The smallest absolute Gasteiger partial charge is 0.0438 e. The zero-order chi connectivity index (χ0) is 12.4. The third-order valence-corrected chi connectivity index (χ3v) is 4.53. The van der Waals surface area contributed by atoms with Gasteiger partial charge in [0.1, 0.15) is 0 Å². The largest absolute Gasteiger partial charge is 0.310 e. The van der Waals surface area contributed by atoms with Crippen LogP contribution in [0, 0.1) is 6.92 Å². The fourth-order valence-electron chi connectivity index (χ4n) is 3.35. The van der Waals surface area contributed by atoms with E-state index >= 15 is 0 Å². The Morgan fingerprint density at radius 2 is 1.94 bits per heavy atom. The van der Waals surface area contributed by atoms with Crippen LogP contribution in [0.1, 0.15) is 61.0 Å². The molecule has 1 fully saturated rings. The first-order valence-corrected chi connectivity index (χ1v) is 7.54. The molecule has 0 bridgehead atoms. The molecule has 98 valence electrons. The van der Waals surface area contributed by atoms with E-state index in [1.165, 1.54) is 73.9 Å². The van der Waals surface area contributed by atoms with Gasteiger partial charge >= 0.3 is 0 Å². The molecule has 1 heterocycles. The lowest BCUT2D eigenvalue weighted by atomic mass is 9.94. The molecule has 0 saturated heterocycles. The van der Waals surface area contributed by atoms with E-state index in [9.17, 15) is 0 Å². The maximum atomic E-state index is 4.82. The summed E-state index contributed by atoms with van der Waals surface area (Å²) in [4.78, 5) is 4.82. The van der Waals surface area contributed by atoms with Crippen LogP contribution in [0.4, 0.5) is 0 Å². The Bertz CT molecular complexity index is 419. The molecule has 2 nitrogen and oxygen atoms in total. The topological polar surface area (TPSA) is 24.9 Å². The molecular weight excluding hydrogens is 220 g/mol. The Balaban J connectivity index is 1.70. The zero-order valence-corrected chi connectivity index (χ0v) is 11.5. The first-order valence-electron chi connectivity index (χ1n) is 7.54. The van der Waals surface area contributed by atoms with E-state index in [2.05, 4.69) is 18.3 Å². The van der Waals surface area contributed by atoms with Crippen molar-refractivity contribution in [2.75, 3.05) is 0 Å². The molecule has 0 aromatic carbocycles. The average molecular weight is 244 g/mol. The Hall–Kier alpha value is -0.890. The summed E-state index contributed by atoms with van der Waals surface area (Å²) >= 11 is 0. The van der Waals surface area contributed by atoms with E-state index in [0.717, 1.165) is 12.6 Å². The third-order valence-electron chi connectivity index (χ3n) is 4.53. The van der Waals surface area contributed by atoms with Crippen LogP contribution in [0.15, 0.2) is 6.07 Å². The molecule has 1 aromatic heterocycles. The van der Waals surface area contributed by atoms with Crippen LogP contribution in [-0.4, -0.2) is 11.0 Å². The molecule has 18 heavy (non-hydrogen) atoms. The van der Waals surface area contributed by atoms with Crippen LogP contribution in [0.5, 0.6) is 0 Å². The van der Waals surface area contributed by atoms with E-state index in [4.69, 9.17) is 4.98 Å². The van der Waals surface area contributed by atoms with Crippen molar-refractivity contribution in [1.82, 2.24) is 10.3 Å². The van der Waals surface area contributed by atoms with Gasteiger partial charge in [-0.05, 0) is 56.6 Å². The average Bonchev–Trinajstić information content (AvgIpc) is 2.89. The van der Waals surface area contributed by atoms with Crippen LogP contribution in [0.2, 0.25) is 0 Å². The summed E-state index contributed by atoms with van der Waals surface area (Å²) in [6.07, 6.45) is 10.6. The van der Waals surface area contributed by atoms with Crippen molar-refractivity contribution < 1.29 is 0 Å². The zero-order valence-electron chi connectivity index (χ0n) is 11.5. The number of pyridine rings is 1. The lowest BCUT2D eigenvalue weighted by Crippen LogP contribution is -2.26. The molecule has 2 aliphatic rings. The van der Waals surface area contributed by atoms with Gasteiger partial charge in [-0.2, -0.15) is 0 Å². The number of hydrogen-bond donors (Lipinski definition) is 1. The Labute approximate surface area is 110 Å². The lowest BCUT2D eigenvalue weighted by Gasteiger charge is -2.19. The molecule has 2 heteroatoms. The van der Waals surface area contributed by atoms with Crippen molar-refractivity contribution in [3.8, 4) is 0 Å². The number of aryl methyl sites for hydroxylation is 3. The Morgan fingerprint density at radius 3 is 2.78 bits per heavy atom. The maximum Gasteiger partial charge on any atom is 0.0438 e. The van der Waals surface area contributed by atoms with E-state index in [-0.39, 0.29) is 0 Å². The van der Waals surface area contributed by atoms with Crippen LogP contribution < -0.4 is 5.32 Å². The molecule has 3 rings (SSSR count).